The molecule has 2 aliphatic rings. The smallest absolute Gasteiger partial charge is 0.147 e. The fourth-order valence-electron chi connectivity index (χ4n) is 2.28. The van der Waals surface area contributed by atoms with Crippen LogP contribution in [-0.4, -0.2) is 0 Å². The Morgan fingerprint density at radius 1 is 1.12 bits per heavy atom. The van der Waals surface area contributed by atoms with Crippen LogP contribution in [0, 0.1) is 0 Å². The average Bonchev–Trinajstić information content (AvgIpc) is 2.58. The minimum absolute atomic E-state index is 0. The fraction of sp³-hybridized carbons (Fsp3) is 0.143. The summed E-state index contributed by atoms with van der Waals surface area (Å²) < 4.78 is 0.170. The number of fused-ring (bicyclic) bond motifs is 3. The maximum absolute atomic E-state index is 2.32. The van der Waals surface area contributed by atoms with Gasteiger partial charge < -0.3 is 0 Å². The number of hydrogen-bond acceptors (Lipinski definition) is 0. The van der Waals surface area contributed by atoms with E-state index in [9.17, 15) is 0 Å². The van der Waals surface area contributed by atoms with Crippen LogP contribution in [0.25, 0.3) is 11.6 Å². The second kappa shape index (κ2) is 5.16. The van der Waals surface area contributed by atoms with E-state index in [1.54, 1.807) is 0 Å². The van der Waals surface area contributed by atoms with Gasteiger partial charge in [-0.3, -0.25) is 0 Å². The summed E-state index contributed by atoms with van der Waals surface area (Å²) in [5, 5.41) is 0. The molecule has 2 aliphatic carbocycles. The van der Waals surface area contributed by atoms with Gasteiger partial charge >= 0.3 is 102 Å². The zero-order valence-corrected chi connectivity index (χ0v) is 12.6. The Labute approximate surface area is 126 Å². The van der Waals surface area contributed by atoms with Gasteiger partial charge in [0.25, 0.3) is 0 Å². The molecular formula is C14H13Cl2Ti. The van der Waals surface area contributed by atoms with Gasteiger partial charge in [0.05, 0.1) is 0 Å². The first-order valence-electron chi connectivity index (χ1n) is 5.15. The molecule has 3 heteroatoms. The van der Waals surface area contributed by atoms with Gasteiger partial charge in [-0.2, -0.15) is 0 Å². The zero-order chi connectivity index (χ0) is 10.5. The summed E-state index contributed by atoms with van der Waals surface area (Å²) in [7, 11) is 0. The van der Waals surface area contributed by atoms with E-state index in [0.717, 1.165) is 0 Å². The van der Waals surface area contributed by atoms with E-state index in [1.807, 2.05) is 0 Å². The van der Waals surface area contributed by atoms with Crippen molar-refractivity contribution < 1.29 is 20.4 Å². The molecule has 0 fully saturated rings. The van der Waals surface area contributed by atoms with Crippen molar-refractivity contribution in [2.75, 3.05) is 0 Å². The molecule has 0 nitrogen and oxygen atoms in total. The summed E-state index contributed by atoms with van der Waals surface area (Å²) in [5.41, 5.74) is 5.59. The van der Waals surface area contributed by atoms with Crippen molar-refractivity contribution in [1.82, 2.24) is 0 Å². The van der Waals surface area contributed by atoms with Crippen LogP contribution < -0.4 is 0 Å². The Balaban J connectivity index is 0.000000722. The topological polar surface area (TPSA) is 0 Å². The van der Waals surface area contributed by atoms with Crippen molar-refractivity contribution >= 4 is 36.5 Å². The van der Waals surface area contributed by atoms with Crippen LogP contribution in [0.2, 0.25) is 3.72 Å². The molecule has 0 aromatic heterocycles. The van der Waals surface area contributed by atoms with Crippen LogP contribution in [0.4, 0.5) is 0 Å². The van der Waals surface area contributed by atoms with Crippen molar-refractivity contribution in [2.45, 2.75) is 10.6 Å². The van der Waals surface area contributed by atoms with Gasteiger partial charge in [-0.05, 0) is 0 Å². The normalized spacial score (nSPS) is 23.5. The summed E-state index contributed by atoms with van der Waals surface area (Å²) in [6, 6.07) is 8.62. The van der Waals surface area contributed by atoms with Gasteiger partial charge in [-0.15, -0.1) is 24.8 Å². The summed E-state index contributed by atoms with van der Waals surface area (Å²) in [5.74, 6) is 0. The molecule has 17 heavy (non-hydrogen) atoms. The predicted molar refractivity (Wildman–Crippen MR) is 74.4 cm³/mol. The van der Waals surface area contributed by atoms with Crippen molar-refractivity contribution in [3.8, 4) is 0 Å². The minimum Gasteiger partial charge on any atom is -0.147 e. The predicted octanol–water partition coefficient (Wildman–Crippen LogP) is 4.61. The van der Waals surface area contributed by atoms with E-state index in [0.29, 0.717) is 0 Å². The molecule has 1 aromatic carbocycles. The van der Waals surface area contributed by atoms with E-state index < -0.39 is 0 Å². The van der Waals surface area contributed by atoms with Gasteiger partial charge in [0.2, 0.25) is 0 Å². The molecule has 0 aliphatic heterocycles. The van der Waals surface area contributed by atoms with Crippen LogP contribution in [-0.2, 0) is 20.4 Å². The monoisotopic (exact) mass is 299 g/mol. The summed E-state index contributed by atoms with van der Waals surface area (Å²) in [4.78, 5) is 0. The molecule has 0 spiro atoms. The van der Waals surface area contributed by atoms with Crippen molar-refractivity contribution in [3.63, 3.8) is 0 Å². The van der Waals surface area contributed by atoms with Gasteiger partial charge in [-0.1, -0.05) is 0 Å². The first kappa shape index (κ1) is 14.8. The van der Waals surface area contributed by atoms with Crippen LogP contribution in [0.5, 0.6) is 0 Å². The molecule has 1 aromatic rings. The summed E-state index contributed by atoms with van der Waals surface area (Å²) >= 11 is 2.27. The number of hydrogen-bond donors (Lipinski definition) is 0. The molecule has 0 N–H and O–H groups in total. The Morgan fingerprint density at radius 2 is 1.82 bits per heavy atom. The van der Waals surface area contributed by atoms with E-state index in [4.69, 9.17) is 0 Å². The molecular weight excluding hydrogens is 287 g/mol. The second-order valence-corrected chi connectivity index (χ2v) is 5.91. The summed E-state index contributed by atoms with van der Waals surface area (Å²) in [6.45, 7) is 2.27. The van der Waals surface area contributed by atoms with Gasteiger partial charge in [0.15, 0.2) is 0 Å². The first-order valence-corrected chi connectivity index (χ1v) is 5.93. The van der Waals surface area contributed by atoms with Crippen molar-refractivity contribution in [3.05, 3.63) is 59.2 Å². The average molecular weight is 300 g/mol. The molecule has 0 radical (unpaired) electrons. The summed E-state index contributed by atoms with van der Waals surface area (Å²) in [6.07, 6.45) is 9.00. The van der Waals surface area contributed by atoms with E-state index >= 15 is 0 Å². The maximum Gasteiger partial charge on any atom is -0.147 e. The third-order valence-corrected chi connectivity index (χ3v) is 3.77. The van der Waals surface area contributed by atoms with E-state index in [2.05, 4.69) is 75.9 Å². The SMILES string of the molecule is C[C]1([Ti])C=CC=C2C1=Cc1ccccc12.Cl.Cl. The number of benzene rings is 1. The third-order valence-electron chi connectivity index (χ3n) is 3.09. The Morgan fingerprint density at radius 3 is 2.59 bits per heavy atom. The number of rotatable bonds is 0. The quantitative estimate of drug-likeness (QED) is 0.614. The zero-order valence-electron chi connectivity index (χ0n) is 9.44. The van der Waals surface area contributed by atoms with Crippen LogP contribution in [0.1, 0.15) is 18.1 Å². The molecule has 0 saturated heterocycles. The Kier molecular flexibility index (Phi) is 4.49. The first-order chi connectivity index (χ1) is 7.18. The van der Waals surface area contributed by atoms with Gasteiger partial charge in [0, 0.05) is 0 Å². The molecule has 87 valence electrons. The fourth-order valence-corrected chi connectivity index (χ4v) is 2.76. The Bertz CT molecular complexity index is 525. The molecule has 0 amide bonds. The minimum atomic E-state index is 0. The largest absolute Gasteiger partial charge is 0.147 e. The standard InChI is InChI=1S/C14H11.2ClH.Ti/c1-10-5-4-8-13-12-7-3-2-6-11(12)9-14(10)13;;;/h2-9H,1H3;2*1H;. The van der Waals surface area contributed by atoms with E-state index in [1.165, 1.54) is 22.3 Å². The molecule has 0 saturated carbocycles. The Hall–Kier alpha value is -0.266. The van der Waals surface area contributed by atoms with E-state index in [-0.39, 0.29) is 28.5 Å². The van der Waals surface area contributed by atoms with Gasteiger partial charge in [0.1, 0.15) is 0 Å². The third kappa shape index (κ3) is 2.32. The molecule has 3 rings (SSSR count). The van der Waals surface area contributed by atoms with Gasteiger partial charge in [-0.25, -0.2) is 0 Å². The van der Waals surface area contributed by atoms with Crippen LogP contribution >= 0.6 is 24.8 Å². The number of halogens is 2. The molecule has 1 unspecified atom stereocenters. The van der Waals surface area contributed by atoms with Crippen LogP contribution in [0.15, 0.2) is 48.1 Å². The number of allylic oxidation sites excluding steroid dienone is 5. The molecule has 0 bridgehead atoms. The van der Waals surface area contributed by atoms with Crippen molar-refractivity contribution in [1.29, 1.82) is 0 Å². The molecule has 0 heterocycles. The van der Waals surface area contributed by atoms with Crippen molar-refractivity contribution in [2.24, 2.45) is 0 Å². The van der Waals surface area contributed by atoms with Crippen LogP contribution in [0.3, 0.4) is 0 Å². The molecule has 1 atom stereocenters. The maximum atomic E-state index is 2.32. The second-order valence-electron chi connectivity index (χ2n) is 4.29.